The fraction of sp³-hybridized carbons (Fsp3) is 0.918. The second-order valence-corrected chi connectivity index (χ2v) is 23.8. The third-order valence-corrected chi connectivity index (χ3v) is 15.1. The van der Waals surface area contributed by atoms with Gasteiger partial charge in [-0.2, -0.15) is 0 Å². The highest BCUT2D eigenvalue weighted by atomic mass is 31.2. The number of nitrogens with zero attached hydrogens (tertiary/aromatic N) is 1. The van der Waals surface area contributed by atoms with Crippen LogP contribution in [0.3, 0.4) is 0 Å². The number of hydrogen-bond donors (Lipinski definition) is 2. The van der Waals surface area contributed by atoms with Gasteiger partial charge in [-0.25, -0.2) is 0 Å². The van der Waals surface area contributed by atoms with E-state index >= 15 is 0 Å². The zero-order valence-electron chi connectivity index (χ0n) is 47.5. The Morgan fingerprint density at radius 1 is 0.486 bits per heavy atom. The summed E-state index contributed by atoms with van der Waals surface area (Å²) < 4.78 is 23.4. The number of quaternary nitrogens is 1. The molecule has 0 fully saturated rings. The highest BCUT2D eigenvalue weighted by Crippen LogP contribution is 2.38. The number of unbranched alkanes of at least 4 members (excludes halogenated alkanes) is 42. The normalized spacial score (nSPS) is 14.0. The number of hydrogen-bond acceptors (Lipinski definition) is 6. The van der Waals surface area contributed by atoms with Crippen LogP contribution in [0.25, 0.3) is 0 Å². The molecule has 0 saturated heterocycles. The molecule has 0 saturated carbocycles. The first-order valence-electron chi connectivity index (χ1n) is 30.7. The maximum atomic E-state index is 13.0. The van der Waals surface area contributed by atoms with E-state index in [1.807, 2.05) is 27.2 Å². The molecular weight excluding hydrogens is 888 g/mol. The fourth-order valence-electron chi connectivity index (χ4n) is 9.35. The summed E-state index contributed by atoms with van der Waals surface area (Å²) in [5, 5.41) is 13.9. The van der Waals surface area contributed by atoms with Gasteiger partial charge in [0, 0.05) is 6.42 Å². The Labute approximate surface area is 436 Å². The van der Waals surface area contributed by atoms with Crippen LogP contribution in [0, 0.1) is 0 Å². The molecule has 0 spiro atoms. The highest BCUT2D eigenvalue weighted by molar-refractivity contribution is 7.45. The molecule has 1 amide bonds. The minimum atomic E-state index is -4.60. The molecule has 0 heterocycles. The molecule has 3 unspecified atom stereocenters. The number of phosphoric ester groups is 1. The van der Waals surface area contributed by atoms with Crippen molar-refractivity contribution >= 4 is 13.7 Å². The summed E-state index contributed by atoms with van der Waals surface area (Å²) >= 11 is 0. The fourth-order valence-corrected chi connectivity index (χ4v) is 10.1. The van der Waals surface area contributed by atoms with E-state index in [4.69, 9.17) is 9.05 Å². The maximum Gasteiger partial charge on any atom is 0.268 e. The summed E-state index contributed by atoms with van der Waals surface area (Å²) in [6, 6.07) is -0.900. The van der Waals surface area contributed by atoms with Gasteiger partial charge in [0.25, 0.3) is 7.82 Å². The molecule has 0 radical (unpaired) electrons. The number of aliphatic hydroxyl groups excluding tert-OH is 1. The number of nitrogens with one attached hydrogen (secondary N) is 1. The molecule has 70 heavy (non-hydrogen) atoms. The van der Waals surface area contributed by atoms with Crippen molar-refractivity contribution in [2.24, 2.45) is 0 Å². The molecular formula is C61H121N2O6P. The quantitative estimate of drug-likeness (QED) is 0.0272. The van der Waals surface area contributed by atoms with Gasteiger partial charge in [-0.3, -0.25) is 9.36 Å². The molecule has 0 aromatic carbocycles. The van der Waals surface area contributed by atoms with Crippen LogP contribution >= 0.6 is 7.82 Å². The second kappa shape index (κ2) is 52.8. The predicted octanol–water partition coefficient (Wildman–Crippen LogP) is 18.1. The molecule has 8 nitrogen and oxygen atoms in total. The van der Waals surface area contributed by atoms with Gasteiger partial charge in [-0.1, -0.05) is 295 Å². The van der Waals surface area contributed by atoms with Crippen molar-refractivity contribution < 1.29 is 32.9 Å². The Hall–Kier alpha value is -1.02. The van der Waals surface area contributed by atoms with E-state index in [9.17, 15) is 19.4 Å². The summed E-state index contributed by atoms with van der Waals surface area (Å²) in [6.07, 6.45) is 67.0. The first kappa shape index (κ1) is 69.0. The minimum Gasteiger partial charge on any atom is -0.756 e. The van der Waals surface area contributed by atoms with E-state index in [1.54, 1.807) is 6.08 Å². The number of carbonyl (C=O) groups excluding carboxylic acids is 1. The van der Waals surface area contributed by atoms with Crippen molar-refractivity contribution in [3.8, 4) is 0 Å². The SMILES string of the molecule is CCCCCCCCCCCCCCCCCCCCCCCC/C=C/CC/C=C/C(O)C(COP(=O)([O-])OCC[N+](C)(C)C)NC(=O)CCCCCCCCCCCCCCCCCCCCCC. The van der Waals surface area contributed by atoms with Gasteiger partial charge < -0.3 is 28.8 Å². The zero-order chi connectivity index (χ0) is 51.3. The lowest BCUT2D eigenvalue weighted by Crippen LogP contribution is -2.45. The Balaban J connectivity index is 4.17. The summed E-state index contributed by atoms with van der Waals surface area (Å²) in [4.78, 5) is 25.5. The van der Waals surface area contributed by atoms with Gasteiger partial charge in [-0.15, -0.1) is 0 Å². The lowest BCUT2D eigenvalue weighted by Gasteiger charge is -2.29. The topological polar surface area (TPSA) is 108 Å². The van der Waals surface area contributed by atoms with E-state index in [-0.39, 0.29) is 19.1 Å². The Morgan fingerprint density at radius 2 is 0.800 bits per heavy atom. The van der Waals surface area contributed by atoms with Crippen molar-refractivity contribution in [2.45, 2.75) is 321 Å². The van der Waals surface area contributed by atoms with Gasteiger partial charge in [-0.05, 0) is 32.1 Å². The van der Waals surface area contributed by atoms with Gasteiger partial charge in [0.15, 0.2) is 0 Å². The van der Waals surface area contributed by atoms with Crippen molar-refractivity contribution in [3.05, 3.63) is 24.3 Å². The van der Waals surface area contributed by atoms with Crippen LogP contribution < -0.4 is 10.2 Å². The van der Waals surface area contributed by atoms with E-state index in [0.29, 0.717) is 17.4 Å². The van der Waals surface area contributed by atoms with E-state index in [1.165, 1.54) is 250 Å². The monoisotopic (exact) mass is 1010 g/mol. The van der Waals surface area contributed by atoms with Gasteiger partial charge in [0.1, 0.15) is 13.2 Å². The van der Waals surface area contributed by atoms with Crippen molar-refractivity contribution in [3.63, 3.8) is 0 Å². The lowest BCUT2D eigenvalue weighted by molar-refractivity contribution is -0.870. The zero-order valence-corrected chi connectivity index (χ0v) is 48.4. The summed E-state index contributed by atoms with van der Waals surface area (Å²) in [5.74, 6) is -0.200. The molecule has 0 bridgehead atoms. The number of allylic oxidation sites excluding steroid dienone is 3. The molecule has 0 aromatic rings. The van der Waals surface area contributed by atoms with Crippen LogP contribution in [0.15, 0.2) is 24.3 Å². The second-order valence-electron chi connectivity index (χ2n) is 22.4. The predicted molar refractivity (Wildman–Crippen MR) is 302 cm³/mol. The molecule has 0 aromatic heterocycles. The van der Waals surface area contributed by atoms with E-state index in [0.717, 1.165) is 38.5 Å². The molecule has 3 atom stereocenters. The standard InChI is InChI=1S/C61H121N2O6P/c1-6-8-10-12-14-16-18-20-22-24-26-28-29-30-31-32-33-34-35-36-38-40-42-44-46-48-50-52-54-60(64)59(58-69-70(66,67)68-57-56-63(3,4)5)62-61(65)55-53-51-49-47-45-43-41-39-37-27-25-23-21-19-17-15-13-11-9-7-2/h44,46,52,54,59-60,64H,6-43,45,47-51,53,55-58H2,1-5H3,(H-,62,65,66,67)/b46-44+,54-52+. The number of likely N-dealkylation sites (N-methyl/N-ethyl adjacent to an activating group) is 1. The lowest BCUT2D eigenvalue weighted by atomic mass is 10.0. The number of rotatable bonds is 57. The number of amides is 1. The summed E-state index contributed by atoms with van der Waals surface area (Å²) in [6.45, 7) is 4.68. The largest absolute Gasteiger partial charge is 0.756 e. The minimum absolute atomic E-state index is 0.00362. The van der Waals surface area contributed by atoms with Crippen molar-refractivity contribution in [2.75, 3.05) is 40.9 Å². The van der Waals surface area contributed by atoms with Gasteiger partial charge in [0.2, 0.25) is 5.91 Å². The maximum absolute atomic E-state index is 13.0. The Kier molecular flexibility index (Phi) is 52.1. The number of carbonyl (C=O) groups is 1. The number of phosphoric acid groups is 1. The van der Waals surface area contributed by atoms with E-state index in [2.05, 4.69) is 31.3 Å². The van der Waals surface area contributed by atoms with Crippen LogP contribution in [0.4, 0.5) is 0 Å². The van der Waals surface area contributed by atoms with Crippen LogP contribution in [-0.4, -0.2) is 68.5 Å². The first-order valence-corrected chi connectivity index (χ1v) is 32.2. The third-order valence-electron chi connectivity index (χ3n) is 14.2. The smallest absolute Gasteiger partial charge is 0.268 e. The van der Waals surface area contributed by atoms with Crippen molar-refractivity contribution in [1.29, 1.82) is 0 Å². The Morgan fingerprint density at radius 3 is 1.16 bits per heavy atom. The third kappa shape index (κ3) is 54.7. The van der Waals surface area contributed by atoms with Crippen LogP contribution in [-0.2, 0) is 18.4 Å². The summed E-state index contributed by atoms with van der Waals surface area (Å²) in [7, 11) is 1.26. The first-order chi connectivity index (χ1) is 34.0. The van der Waals surface area contributed by atoms with Crippen molar-refractivity contribution in [1.82, 2.24) is 5.32 Å². The van der Waals surface area contributed by atoms with Gasteiger partial charge >= 0.3 is 0 Å². The van der Waals surface area contributed by atoms with E-state index < -0.39 is 20.0 Å². The molecule has 0 rings (SSSR count). The number of aliphatic hydroxyl groups is 1. The van der Waals surface area contributed by atoms with Crippen LogP contribution in [0.2, 0.25) is 0 Å². The average molecular weight is 1010 g/mol. The average Bonchev–Trinajstić information content (AvgIpc) is 3.32. The molecule has 416 valence electrons. The van der Waals surface area contributed by atoms with Gasteiger partial charge in [0.05, 0.1) is 39.9 Å². The van der Waals surface area contributed by atoms with Crippen LogP contribution in [0.5, 0.6) is 0 Å². The summed E-state index contributed by atoms with van der Waals surface area (Å²) in [5.41, 5.74) is 0. The molecule has 0 aliphatic carbocycles. The molecule has 0 aliphatic rings. The highest BCUT2D eigenvalue weighted by Gasteiger charge is 2.23. The molecule has 9 heteroatoms. The Bertz CT molecular complexity index is 1190. The molecule has 2 N–H and O–H groups in total. The van der Waals surface area contributed by atoms with Crippen LogP contribution in [0.1, 0.15) is 309 Å². The molecule has 0 aliphatic heterocycles.